The molecule has 1 fully saturated rings. The Morgan fingerprint density at radius 3 is 2.97 bits per heavy atom. The summed E-state index contributed by atoms with van der Waals surface area (Å²) in [6.45, 7) is 10.3. The first-order chi connectivity index (χ1) is 15.0. The molecule has 1 aliphatic heterocycles. The van der Waals surface area contributed by atoms with E-state index in [0.29, 0.717) is 19.1 Å². The first kappa shape index (κ1) is 21.7. The third-order valence-electron chi connectivity index (χ3n) is 5.94. The predicted octanol–water partition coefficient (Wildman–Crippen LogP) is 3.67. The lowest BCUT2D eigenvalue weighted by atomic mass is 9.97. The zero-order valence-corrected chi connectivity index (χ0v) is 19.6. The standard InChI is InChI=1S/C22H31N7OSi/c1-31(2,3)11-10-30-16-28-9-6-19-21(25-15-26-22(19)28)18-13-27-29(14-18)20(4-7-23)17-5-8-24-12-17/h6,9,13-15,17,20,24H,4-5,8,10-12,16H2,1-3H3. The third-order valence-corrected chi connectivity index (χ3v) is 7.64. The Morgan fingerprint density at radius 1 is 1.35 bits per heavy atom. The van der Waals surface area contributed by atoms with Crippen molar-refractivity contribution in [2.45, 2.75) is 51.3 Å². The second kappa shape index (κ2) is 9.30. The minimum absolute atomic E-state index is 0.0791. The number of nitrogens with one attached hydrogen (secondary N) is 1. The molecule has 0 aromatic carbocycles. The highest BCUT2D eigenvalue weighted by atomic mass is 28.3. The molecule has 0 radical (unpaired) electrons. The molecule has 3 aromatic heterocycles. The molecular weight excluding hydrogens is 406 g/mol. The van der Waals surface area contributed by atoms with Gasteiger partial charge in [-0.1, -0.05) is 19.6 Å². The maximum Gasteiger partial charge on any atom is 0.145 e. The normalized spacial score (nSPS) is 17.8. The van der Waals surface area contributed by atoms with Gasteiger partial charge in [0, 0.05) is 44.6 Å². The Balaban J connectivity index is 1.54. The van der Waals surface area contributed by atoms with Crippen LogP contribution in [0, 0.1) is 17.2 Å². The Bertz CT molecular complexity index is 1060. The predicted molar refractivity (Wildman–Crippen MR) is 123 cm³/mol. The molecule has 0 spiro atoms. The summed E-state index contributed by atoms with van der Waals surface area (Å²) < 4.78 is 9.88. The van der Waals surface area contributed by atoms with Gasteiger partial charge in [0.05, 0.1) is 30.4 Å². The third kappa shape index (κ3) is 5.03. The van der Waals surface area contributed by atoms with Crippen molar-refractivity contribution in [2.24, 2.45) is 5.92 Å². The van der Waals surface area contributed by atoms with E-state index in [4.69, 9.17) is 4.74 Å². The smallest absolute Gasteiger partial charge is 0.145 e. The highest BCUT2D eigenvalue weighted by Crippen LogP contribution is 2.30. The fourth-order valence-electron chi connectivity index (χ4n) is 4.10. The molecule has 0 aliphatic carbocycles. The monoisotopic (exact) mass is 437 g/mol. The number of hydrogen-bond acceptors (Lipinski definition) is 6. The zero-order chi connectivity index (χ0) is 21.8. The first-order valence-corrected chi connectivity index (χ1v) is 14.7. The van der Waals surface area contributed by atoms with Gasteiger partial charge in [0.25, 0.3) is 0 Å². The van der Waals surface area contributed by atoms with E-state index in [1.807, 2.05) is 33.9 Å². The maximum atomic E-state index is 9.31. The van der Waals surface area contributed by atoms with Gasteiger partial charge in [-0.3, -0.25) is 4.68 Å². The Kier molecular flexibility index (Phi) is 6.50. The van der Waals surface area contributed by atoms with Crippen LogP contribution >= 0.6 is 0 Å². The summed E-state index contributed by atoms with van der Waals surface area (Å²) in [6, 6.07) is 5.59. The first-order valence-electron chi connectivity index (χ1n) is 11.0. The summed E-state index contributed by atoms with van der Waals surface area (Å²) in [5.74, 6) is 0.423. The number of nitrogens with zero attached hydrogens (tertiary/aromatic N) is 6. The van der Waals surface area contributed by atoms with Crippen LogP contribution in [0.4, 0.5) is 0 Å². The van der Waals surface area contributed by atoms with E-state index in [-0.39, 0.29) is 6.04 Å². The molecule has 0 amide bonds. The zero-order valence-electron chi connectivity index (χ0n) is 18.6. The van der Waals surface area contributed by atoms with Crippen molar-refractivity contribution in [3.8, 4) is 17.3 Å². The fourth-order valence-corrected chi connectivity index (χ4v) is 4.85. The van der Waals surface area contributed by atoms with E-state index in [2.05, 4.69) is 46.1 Å². The number of rotatable bonds is 9. The summed E-state index contributed by atoms with van der Waals surface area (Å²) in [4.78, 5) is 9.04. The summed E-state index contributed by atoms with van der Waals surface area (Å²) in [6.07, 6.45) is 8.99. The van der Waals surface area contributed by atoms with Crippen molar-refractivity contribution >= 4 is 19.1 Å². The number of nitriles is 1. The van der Waals surface area contributed by atoms with Crippen molar-refractivity contribution in [2.75, 3.05) is 19.7 Å². The quantitative estimate of drug-likeness (QED) is 0.405. The van der Waals surface area contributed by atoms with Crippen LogP contribution in [-0.2, 0) is 11.5 Å². The van der Waals surface area contributed by atoms with Crippen molar-refractivity contribution in [3.05, 3.63) is 31.0 Å². The molecular formula is C22H31N7OSi. The van der Waals surface area contributed by atoms with Gasteiger partial charge in [0.2, 0.25) is 0 Å². The average molecular weight is 438 g/mol. The van der Waals surface area contributed by atoms with E-state index in [0.717, 1.165) is 54.5 Å². The number of fused-ring (bicyclic) bond motifs is 1. The lowest BCUT2D eigenvalue weighted by Gasteiger charge is -2.20. The molecule has 2 atom stereocenters. The number of aromatic nitrogens is 5. The molecule has 4 rings (SSSR count). The summed E-state index contributed by atoms with van der Waals surface area (Å²) in [5.41, 5.74) is 2.66. The van der Waals surface area contributed by atoms with Crippen LogP contribution in [0.25, 0.3) is 22.3 Å². The second-order valence-corrected chi connectivity index (χ2v) is 15.1. The summed E-state index contributed by atoms with van der Waals surface area (Å²) in [5, 5.41) is 18.3. The van der Waals surface area contributed by atoms with E-state index in [1.165, 1.54) is 0 Å². The van der Waals surface area contributed by atoms with Gasteiger partial charge in [-0.15, -0.1) is 0 Å². The van der Waals surface area contributed by atoms with Gasteiger partial charge in [-0.2, -0.15) is 10.4 Å². The Hall–Kier alpha value is -2.54. The number of ether oxygens (including phenoxy) is 1. The molecule has 31 heavy (non-hydrogen) atoms. The van der Waals surface area contributed by atoms with Crippen molar-refractivity contribution in [1.29, 1.82) is 5.26 Å². The SMILES string of the molecule is C[Si](C)(C)CCOCn1ccc2c(-c3cnn(C(CC#N)C4CCNC4)c3)ncnc21. The van der Waals surface area contributed by atoms with Crippen molar-refractivity contribution < 1.29 is 4.74 Å². The molecule has 3 aromatic rings. The van der Waals surface area contributed by atoms with Gasteiger partial charge >= 0.3 is 0 Å². The lowest BCUT2D eigenvalue weighted by molar-refractivity contribution is 0.0899. The van der Waals surface area contributed by atoms with E-state index in [1.54, 1.807) is 6.33 Å². The van der Waals surface area contributed by atoms with Crippen LogP contribution in [0.15, 0.2) is 31.0 Å². The number of hydrogen-bond donors (Lipinski definition) is 1. The van der Waals surface area contributed by atoms with Crippen molar-refractivity contribution in [1.82, 2.24) is 29.6 Å². The average Bonchev–Trinajstić information content (AvgIpc) is 3.50. The van der Waals surface area contributed by atoms with Crippen LogP contribution in [0.5, 0.6) is 0 Å². The van der Waals surface area contributed by atoms with Gasteiger partial charge in [0.1, 0.15) is 18.7 Å². The minimum Gasteiger partial charge on any atom is -0.361 e. The largest absolute Gasteiger partial charge is 0.361 e. The van der Waals surface area contributed by atoms with Gasteiger partial charge in [0.15, 0.2) is 0 Å². The highest BCUT2D eigenvalue weighted by Gasteiger charge is 2.27. The van der Waals surface area contributed by atoms with Gasteiger partial charge in [-0.25, -0.2) is 9.97 Å². The van der Waals surface area contributed by atoms with E-state index in [9.17, 15) is 5.26 Å². The fraction of sp³-hybridized carbons (Fsp3) is 0.545. The minimum atomic E-state index is -1.10. The molecule has 8 nitrogen and oxygen atoms in total. The van der Waals surface area contributed by atoms with Crippen LogP contribution < -0.4 is 5.32 Å². The van der Waals surface area contributed by atoms with Crippen LogP contribution in [0.2, 0.25) is 25.7 Å². The molecule has 9 heteroatoms. The summed E-state index contributed by atoms with van der Waals surface area (Å²) >= 11 is 0. The Morgan fingerprint density at radius 2 is 2.23 bits per heavy atom. The molecule has 2 unspecified atom stereocenters. The Labute approximate surface area is 184 Å². The van der Waals surface area contributed by atoms with Crippen LogP contribution in [0.3, 0.4) is 0 Å². The van der Waals surface area contributed by atoms with Gasteiger partial charge in [-0.05, 0) is 31.0 Å². The van der Waals surface area contributed by atoms with E-state index < -0.39 is 8.07 Å². The highest BCUT2D eigenvalue weighted by molar-refractivity contribution is 6.76. The van der Waals surface area contributed by atoms with Crippen LogP contribution in [0.1, 0.15) is 18.9 Å². The van der Waals surface area contributed by atoms with Crippen molar-refractivity contribution in [3.63, 3.8) is 0 Å². The molecule has 1 aliphatic rings. The molecule has 0 saturated carbocycles. The molecule has 0 bridgehead atoms. The lowest BCUT2D eigenvalue weighted by Crippen LogP contribution is -2.22. The topological polar surface area (TPSA) is 93.6 Å². The maximum absolute atomic E-state index is 9.31. The second-order valence-electron chi connectivity index (χ2n) is 9.48. The molecule has 1 saturated heterocycles. The van der Waals surface area contributed by atoms with Crippen LogP contribution in [-0.4, -0.2) is 52.1 Å². The molecule has 164 valence electrons. The van der Waals surface area contributed by atoms with Gasteiger partial charge < -0.3 is 14.6 Å². The molecule has 4 heterocycles. The molecule has 1 N–H and O–H groups in total. The summed E-state index contributed by atoms with van der Waals surface area (Å²) in [7, 11) is -1.10. The van der Waals surface area contributed by atoms with E-state index >= 15 is 0 Å².